The number of rotatable bonds is 5. The predicted molar refractivity (Wildman–Crippen MR) is 77.7 cm³/mol. The quantitative estimate of drug-likeness (QED) is 0.849. The van der Waals surface area contributed by atoms with Crippen LogP contribution in [-0.2, 0) is 4.79 Å². The molecule has 0 aliphatic heterocycles. The minimum absolute atomic E-state index is 0.168. The normalized spacial score (nSPS) is 15.1. The summed E-state index contributed by atoms with van der Waals surface area (Å²) in [7, 11) is 0. The van der Waals surface area contributed by atoms with Crippen molar-refractivity contribution in [1.29, 1.82) is 0 Å². The number of nitrogens with one attached hydrogen (secondary N) is 1. The molecular weight excluding hydrogens is 301 g/mol. The van der Waals surface area contributed by atoms with Crippen LogP contribution in [0, 0.1) is 0 Å². The number of ether oxygens (including phenoxy) is 1. The summed E-state index contributed by atoms with van der Waals surface area (Å²) in [4.78, 5) is 22.7. The molecular formula is C14H15Cl2NO3. The van der Waals surface area contributed by atoms with Crippen molar-refractivity contribution in [1.82, 2.24) is 5.32 Å². The fourth-order valence-corrected chi connectivity index (χ4v) is 2.86. The molecule has 0 bridgehead atoms. The van der Waals surface area contributed by atoms with Gasteiger partial charge in [-0.2, -0.15) is 0 Å². The van der Waals surface area contributed by atoms with E-state index < -0.39 is 0 Å². The average Bonchev–Trinajstić information content (AvgIpc) is 2.89. The van der Waals surface area contributed by atoms with E-state index in [0.29, 0.717) is 11.3 Å². The van der Waals surface area contributed by atoms with Gasteiger partial charge in [-0.3, -0.25) is 9.59 Å². The second-order valence-corrected chi connectivity index (χ2v) is 5.61. The van der Waals surface area contributed by atoms with Crippen molar-refractivity contribution in [3.63, 3.8) is 0 Å². The van der Waals surface area contributed by atoms with Crippen LogP contribution in [0.3, 0.4) is 0 Å². The molecule has 0 unspecified atom stereocenters. The van der Waals surface area contributed by atoms with Gasteiger partial charge in [0.1, 0.15) is 5.75 Å². The Morgan fingerprint density at radius 2 is 2.05 bits per heavy atom. The van der Waals surface area contributed by atoms with Gasteiger partial charge in [0.15, 0.2) is 12.9 Å². The molecule has 0 saturated heterocycles. The van der Waals surface area contributed by atoms with Crippen molar-refractivity contribution in [3.05, 3.63) is 27.7 Å². The first kappa shape index (κ1) is 15.1. The Morgan fingerprint density at radius 1 is 1.35 bits per heavy atom. The average molecular weight is 316 g/mol. The van der Waals surface area contributed by atoms with Gasteiger partial charge in [0, 0.05) is 11.1 Å². The van der Waals surface area contributed by atoms with E-state index in [0.717, 1.165) is 25.7 Å². The second kappa shape index (κ2) is 6.95. The zero-order valence-electron chi connectivity index (χ0n) is 10.8. The number of carbonyl (C=O) groups excluding carboxylic acids is 2. The van der Waals surface area contributed by atoms with Crippen molar-refractivity contribution in [2.45, 2.75) is 31.7 Å². The fourth-order valence-electron chi connectivity index (χ4n) is 2.30. The maximum absolute atomic E-state index is 11.8. The molecule has 0 atom stereocenters. The third kappa shape index (κ3) is 3.87. The summed E-state index contributed by atoms with van der Waals surface area (Å²) in [6.45, 7) is -0.168. The third-order valence-corrected chi connectivity index (χ3v) is 3.73. The Kier molecular flexibility index (Phi) is 5.26. The molecule has 0 aromatic heterocycles. The fraction of sp³-hybridized carbons (Fsp3) is 0.429. The zero-order valence-corrected chi connectivity index (χ0v) is 12.3. The molecule has 0 radical (unpaired) electrons. The topological polar surface area (TPSA) is 55.4 Å². The Morgan fingerprint density at radius 3 is 2.70 bits per heavy atom. The minimum atomic E-state index is -0.209. The van der Waals surface area contributed by atoms with Gasteiger partial charge < -0.3 is 10.1 Å². The lowest BCUT2D eigenvalue weighted by atomic mass is 10.2. The minimum Gasteiger partial charge on any atom is -0.481 e. The van der Waals surface area contributed by atoms with Crippen LogP contribution in [0.5, 0.6) is 5.75 Å². The SMILES string of the molecule is O=Cc1cc(Cl)cc(Cl)c1OCC(=O)NC1CCCC1. The largest absolute Gasteiger partial charge is 0.481 e. The van der Waals surface area contributed by atoms with Gasteiger partial charge in [0.05, 0.1) is 10.6 Å². The van der Waals surface area contributed by atoms with Crippen molar-refractivity contribution >= 4 is 35.4 Å². The monoisotopic (exact) mass is 315 g/mol. The molecule has 0 heterocycles. The molecule has 1 fully saturated rings. The van der Waals surface area contributed by atoms with Gasteiger partial charge in [0.2, 0.25) is 0 Å². The predicted octanol–water partition coefficient (Wildman–Crippen LogP) is 3.24. The Balaban J connectivity index is 1.96. The number of hydrogen-bond donors (Lipinski definition) is 1. The number of benzene rings is 1. The standard InChI is InChI=1S/C14H15Cl2NO3/c15-10-5-9(7-18)14(12(16)6-10)20-8-13(19)17-11-3-1-2-4-11/h5-7,11H,1-4,8H2,(H,17,19). The number of amides is 1. The van der Waals surface area contributed by atoms with Crippen LogP contribution < -0.4 is 10.1 Å². The molecule has 1 aliphatic carbocycles. The van der Waals surface area contributed by atoms with Crippen molar-refractivity contribution < 1.29 is 14.3 Å². The number of carbonyl (C=O) groups is 2. The highest BCUT2D eigenvalue weighted by Gasteiger charge is 2.18. The smallest absolute Gasteiger partial charge is 0.258 e. The summed E-state index contributed by atoms with van der Waals surface area (Å²) in [6.07, 6.45) is 4.90. The van der Waals surface area contributed by atoms with E-state index in [1.165, 1.54) is 12.1 Å². The van der Waals surface area contributed by atoms with Crippen molar-refractivity contribution in [2.75, 3.05) is 6.61 Å². The Bertz CT molecular complexity index is 513. The molecule has 20 heavy (non-hydrogen) atoms. The van der Waals surface area contributed by atoms with E-state index >= 15 is 0 Å². The zero-order chi connectivity index (χ0) is 14.5. The van der Waals surface area contributed by atoms with Crippen LogP contribution in [0.4, 0.5) is 0 Å². The number of halogens is 2. The van der Waals surface area contributed by atoms with Crippen LogP contribution in [0.15, 0.2) is 12.1 Å². The molecule has 1 aromatic rings. The van der Waals surface area contributed by atoms with E-state index in [4.69, 9.17) is 27.9 Å². The van der Waals surface area contributed by atoms with E-state index in [2.05, 4.69) is 5.32 Å². The van der Waals surface area contributed by atoms with Gasteiger partial charge in [-0.25, -0.2) is 0 Å². The van der Waals surface area contributed by atoms with Crippen molar-refractivity contribution in [2.24, 2.45) is 0 Å². The number of aldehydes is 1. The first-order valence-electron chi connectivity index (χ1n) is 6.46. The molecule has 1 aromatic carbocycles. The highest BCUT2D eigenvalue weighted by Crippen LogP contribution is 2.31. The molecule has 1 N–H and O–H groups in total. The van der Waals surface area contributed by atoms with E-state index in [-0.39, 0.29) is 34.9 Å². The molecule has 0 spiro atoms. The van der Waals surface area contributed by atoms with Crippen LogP contribution in [0.1, 0.15) is 36.0 Å². The van der Waals surface area contributed by atoms with Crippen LogP contribution in [0.2, 0.25) is 10.0 Å². The second-order valence-electron chi connectivity index (χ2n) is 4.76. The summed E-state index contributed by atoms with van der Waals surface area (Å²) in [5.74, 6) is -0.0209. The van der Waals surface area contributed by atoms with Gasteiger partial charge in [-0.1, -0.05) is 36.0 Å². The van der Waals surface area contributed by atoms with Crippen molar-refractivity contribution in [3.8, 4) is 5.75 Å². The maximum Gasteiger partial charge on any atom is 0.258 e. The van der Waals surface area contributed by atoms with Gasteiger partial charge in [-0.15, -0.1) is 0 Å². The molecule has 1 amide bonds. The lowest BCUT2D eigenvalue weighted by Crippen LogP contribution is -2.36. The Labute approximate surface area is 127 Å². The van der Waals surface area contributed by atoms with Gasteiger partial charge in [-0.05, 0) is 25.0 Å². The Hall–Kier alpha value is -1.26. The first-order valence-corrected chi connectivity index (χ1v) is 7.22. The first-order chi connectivity index (χ1) is 9.60. The molecule has 1 saturated carbocycles. The molecule has 1 aliphatic rings. The maximum atomic E-state index is 11.8. The highest BCUT2D eigenvalue weighted by atomic mass is 35.5. The summed E-state index contributed by atoms with van der Waals surface area (Å²) < 4.78 is 5.35. The molecule has 4 nitrogen and oxygen atoms in total. The summed E-state index contributed by atoms with van der Waals surface area (Å²) >= 11 is 11.8. The third-order valence-electron chi connectivity index (χ3n) is 3.23. The van der Waals surface area contributed by atoms with E-state index in [9.17, 15) is 9.59 Å². The van der Waals surface area contributed by atoms with E-state index in [1.54, 1.807) is 0 Å². The highest BCUT2D eigenvalue weighted by molar-refractivity contribution is 6.36. The van der Waals surface area contributed by atoms with Gasteiger partial charge >= 0.3 is 0 Å². The summed E-state index contributed by atoms with van der Waals surface area (Å²) in [6, 6.07) is 3.16. The van der Waals surface area contributed by atoms with Gasteiger partial charge in [0.25, 0.3) is 5.91 Å². The summed E-state index contributed by atoms with van der Waals surface area (Å²) in [5, 5.41) is 3.46. The summed E-state index contributed by atoms with van der Waals surface area (Å²) in [5.41, 5.74) is 0.233. The lowest BCUT2D eigenvalue weighted by molar-refractivity contribution is -0.123. The van der Waals surface area contributed by atoms with Crippen LogP contribution >= 0.6 is 23.2 Å². The van der Waals surface area contributed by atoms with E-state index in [1.807, 2.05) is 0 Å². The lowest BCUT2D eigenvalue weighted by Gasteiger charge is -2.14. The molecule has 2 rings (SSSR count). The molecule has 108 valence electrons. The van der Waals surface area contributed by atoms with Crippen LogP contribution in [0.25, 0.3) is 0 Å². The number of hydrogen-bond acceptors (Lipinski definition) is 3. The molecule has 6 heteroatoms. The van der Waals surface area contributed by atoms with Crippen LogP contribution in [-0.4, -0.2) is 24.8 Å².